The summed E-state index contributed by atoms with van der Waals surface area (Å²) in [5.41, 5.74) is -0.812. The van der Waals surface area contributed by atoms with E-state index in [2.05, 4.69) is 0 Å². The Kier molecular flexibility index (Phi) is 3.17. The van der Waals surface area contributed by atoms with E-state index in [1.165, 1.54) is 0 Å². The van der Waals surface area contributed by atoms with Gasteiger partial charge in [0.1, 0.15) is 5.60 Å². The van der Waals surface area contributed by atoms with Crippen LogP contribution in [0.25, 0.3) is 0 Å². The lowest BCUT2D eigenvalue weighted by atomic mass is 9.97. The second kappa shape index (κ2) is 4.16. The Bertz CT molecular complexity index is 271. The molecule has 1 unspecified atom stereocenters. The lowest BCUT2D eigenvalue weighted by molar-refractivity contribution is -0.127. The molecule has 0 heterocycles. The molecule has 1 aromatic carbocycles. The largest absolute Gasteiger partial charge is 0.393 e. The Hall–Kier alpha value is -1.19. The monoisotopic (exact) mass is 180 g/mol. The average Bonchev–Trinajstić information content (AvgIpc) is 2.19. The van der Waals surface area contributed by atoms with E-state index in [4.69, 9.17) is 5.11 Å². The molecule has 1 rings (SSSR count). The molecule has 0 fully saturated rings. The summed E-state index contributed by atoms with van der Waals surface area (Å²) in [4.78, 5) is 10.5. The molecular formula is C10H12O3. The van der Waals surface area contributed by atoms with Gasteiger partial charge in [0.2, 0.25) is 0 Å². The van der Waals surface area contributed by atoms with Crippen LogP contribution in [0.4, 0.5) is 0 Å². The fourth-order valence-corrected chi connectivity index (χ4v) is 1.08. The highest BCUT2D eigenvalue weighted by atomic mass is 16.3. The van der Waals surface area contributed by atoms with Gasteiger partial charge in [-0.1, -0.05) is 30.3 Å². The van der Waals surface area contributed by atoms with Crippen LogP contribution in [0.2, 0.25) is 0 Å². The van der Waals surface area contributed by atoms with Crippen molar-refractivity contribution in [2.45, 2.75) is 12.0 Å². The number of hydrogen-bond donors (Lipinski definition) is 2. The molecule has 1 aromatic rings. The Morgan fingerprint density at radius 2 is 1.92 bits per heavy atom. The van der Waals surface area contributed by atoms with E-state index in [-0.39, 0.29) is 6.42 Å². The summed E-state index contributed by atoms with van der Waals surface area (Å²) in [6.45, 7) is -0.550. The second-order valence-corrected chi connectivity index (χ2v) is 3.04. The molecule has 0 aliphatic rings. The highest BCUT2D eigenvalue weighted by Crippen LogP contribution is 2.10. The topological polar surface area (TPSA) is 57.5 Å². The molecule has 0 amide bonds. The van der Waals surface area contributed by atoms with E-state index < -0.39 is 12.2 Å². The molecule has 2 N–H and O–H groups in total. The molecule has 3 nitrogen and oxygen atoms in total. The summed E-state index contributed by atoms with van der Waals surface area (Å²) >= 11 is 0. The Morgan fingerprint density at radius 3 is 2.38 bits per heavy atom. The zero-order chi connectivity index (χ0) is 9.73. The summed E-state index contributed by atoms with van der Waals surface area (Å²) in [7, 11) is 0. The lowest BCUT2D eigenvalue weighted by Gasteiger charge is -2.18. The van der Waals surface area contributed by atoms with Gasteiger partial charge in [0.25, 0.3) is 0 Å². The van der Waals surface area contributed by atoms with Crippen molar-refractivity contribution < 1.29 is 15.0 Å². The molecule has 0 saturated heterocycles. The second-order valence-electron chi connectivity index (χ2n) is 3.04. The van der Waals surface area contributed by atoms with Crippen molar-refractivity contribution >= 4 is 6.29 Å². The van der Waals surface area contributed by atoms with Crippen LogP contribution in [-0.2, 0) is 11.2 Å². The highest BCUT2D eigenvalue weighted by Gasteiger charge is 2.25. The van der Waals surface area contributed by atoms with Crippen LogP contribution in [0.5, 0.6) is 0 Å². The van der Waals surface area contributed by atoms with E-state index in [0.29, 0.717) is 6.29 Å². The van der Waals surface area contributed by atoms with Gasteiger partial charge in [-0.3, -0.25) is 0 Å². The fraction of sp³-hybridized carbons (Fsp3) is 0.300. The first kappa shape index (κ1) is 9.89. The van der Waals surface area contributed by atoms with Crippen molar-refractivity contribution in [3.63, 3.8) is 0 Å². The van der Waals surface area contributed by atoms with Gasteiger partial charge >= 0.3 is 0 Å². The van der Waals surface area contributed by atoms with Gasteiger partial charge in [-0.05, 0) is 5.56 Å². The maximum absolute atomic E-state index is 10.5. The predicted octanol–water partition coefficient (Wildman–Crippen LogP) is 0.151. The normalized spacial score (nSPS) is 14.9. The summed E-state index contributed by atoms with van der Waals surface area (Å²) < 4.78 is 0. The van der Waals surface area contributed by atoms with Crippen LogP contribution in [0, 0.1) is 0 Å². The van der Waals surface area contributed by atoms with Gasteiger partial charge in [0, 0.05) is 6.42 Å². The maximum atomic E-state index is 10.5. The third-order valence-electron chi connectivity index (χ3n) is 1.85. The molecular weight excluding hydrogens is 168 g/mol. The molecule has 3 heteroatoms. The number of carbonyl (C=O) groups is 1. The molecule has 0 aliphatic carbocycles. The Morgan fingerprint density at radius 1 is 1.31 bits per heavy atom. The zero-order valence-electron chi connectivity index (χ0n) is 7.18. The van der Waals surface area contributed by atoms with E-state index in [0.717, 1.165) is 5.56 Å². The minimum atomic E-state index is -1.64. The molecule has 0 saturated carbocycles. The molecule has 0 spiro atoms. The predicted molar refractivity (Wildman–Crippen MR) is 48.2 cm³/mol. The Labute approximate surface area is 76.6 Å². The highest BCUT2D eigenvalue weighted by molar-refractivity contribution is 5.63. The van der Waals surface area contributed by atoms with Crippen LogP contribution in [0.3, 0.4) is 0 Å². The van der Waals surface area contributed by atoms with Crippen LogP contribution < -0.4 is 0 Å². The van der Waals surface area contributed by atoms with Crippen molar-refractivity contribution in [2.75, 3.05) is 6.61 Å². The summed E-state index contributed by atoms with van der Waals surface area (Å²) in [5.74, 6) is 0. The first-order chi connectivity index (χ1) is 6.20. The van der Waals surface area contributed by atoms with Gasteiger partial charge in [-0.25, -0.2) is 0 Å². The van der Waals surface area contributed by atoms with Crippen LogP contribution in [-0.4, -0.2) is 28.7 Å². The molecule has 70 valence electrons. The van der Waals surface area contributed by atoms with Crippen LogP contribution in [0.1, 0.15) is 5.56 Å². The number of aliphatic hydroxyl groups is 2. The number of rotatable bonds is 4. The van der Waals surface area contributed by atoms with Crippen molar-refractivity contribution in [1.82, 2.24) is 0 Å². The maximum Gasteiger partial charge on any atom is 0.154 e. The molecule has 0 radical (unpaired) electrons. The zero-order valence-corrected chi connectivity index (χ0v) is 7.18. The number of carbonyl (C=O) groups excluding carboxylic acids is 1. The van der Waals surface area contributed by atoms with Crippen LogP contribution >= 0.6 is 0 Å². The lowest BCUT2D eigenvalue weighted by Crippen LogP contribution is -2.37. The smallest absolute Gasteiger partial charge is 0.154 e. The molecule has 0 aliphatic heterocycles. The third-order valence-corrected chi connectivity index (χ3v) is 1.85. The fourth-order valence-electron chi connectivity index (χ4n) is 1.08. The average molecular weight is 180 g/mol. The van der Waals surface area contributed by atoms with Gasteiger partial charge in [0.05, 0.1) is 6.61 Å². The number of aldehydes is 1. The number of aliphatic hydroxyl groups excluding tert-OH is 1. The molecule has 13 heavy (non-hydrogen) atoms. The first-order valence-corrected chi connectivity index (χ1v) is 4.04. The van der Waals surface area contributed by atoms with Crippen LogP contribution in [0.15, 0.2) is 30.3 Å². The van der Waals surface area contributed by atoms with Crippen molar-refractivity contribution in [1.29, 1.82) is 0 Å². The summed E-state index contributed by atoms with van der Waals surface area (Å²) in [5, 5.41) is 18.2. The quantitative estimate of drug-likeness (QED) is 0.648. The van der Waals surface area contributed by atoms with E-state index in [1.807, 2.05) is 18.2 Å². The summed E-state index contributed by atoms with van der Waals surface area (Å²) in [6, 6.07) is 9.08. The van der Waals surface area contributed by atoms with Crippen molar-refractivity contribution in [2.24, 2.45) is 0 Å². The number of hydrogen-bond acceptors (Lipinski definition) is 3. The SMILES string of the molecule is O=CC(O)(CO)Cc1ccccc1. The minimum absolute atomic E-state index is 0.147. The van der Waals surface area contributed by atoms with E-state index in [9.17, 15) is 9.90 Å². The van der Waals surface area contributed by atoms with Crippen molar-refractivity contribution in [3.8, 4) is 0 Å². The van der Waals surface area contributed by atoms with E-state index in [1.54, 1.807) is 12.1 Å². The molecule has 0 bridgehead atoms. The van der Waals surface area contributed by atoms with Gasteiger partial charge < -0.3 is 15.0 Å². The molecule has 1 atom stereocenters. The molecule has 0 aromatic heterocycles. The van der Waals surface area contributed by atoms with Gasteiger partial charge in [-0.2, -0.15) is 0 Å². The van der Waals surface area contributed by atoms with Gasteiger partial charge in [0.15, 0.2) is 6.29 Å². The van der Waals surface area contributed by atoms with E-state index >= 15 is 0 Å². The van der Waals surface area contributed by atoms with Crippen molar-refractivity contribution in [3.05, 3.63) is 35.9 Å². The third kappa shape index (κ3) is 2.65. The Balaban J connectivity index is 2.73. The standard InChI is InChI=1S/C10H12O3/c11-7-10(13,8-12)6-9-4-2-1-3-5-9/h1-5,7,12-13H,6,8H2. The minimum Gasteiger partial charge on any atom is -0.393 e. The number of benzene rings is 1. The van der Waals surface area contributed by atoms with Gasteiger partial charge in [-0.15, -0.1) is 0 Å². The first-order valence-electron chi connectivity index (χ1n) is 4.04. The summed E-state index contributed by atoms with van der Waals surface area (Å²) in [6.07, 6.45) is 0.522.